The van der Waals surface area contributed by atoms with E-state index in [1.54, 1.807) is 11.3 Å². The van der Waals surface area contributed by atoms with Crippen LogP contribution in [0.2, 0.25) is 0 Å². The molecule has 0 bridgehead atoms. The molecule has 1 unspecified atom stereocenters. The third-order valence-corrected chi connectivity index (χ3v) is 5.20. The Morgan fingerprint density at radius 3 is 2.48 bits per heavy atom. The highest BCUT2D eigenvalue weighted by atomic mass is 32.1. The van der Waals surface area contributed by atoms with Gasteiger partial charge in [0.1, 0.15) is 10.8 Å². The smallest absolute Gasteiger partial charge is 0.139 e. The van der Waals surface area contributed by atoms with Crippen molar-refractivity contribution < 1.29 is 0 Å². The predicted octanol–water partition coefficient (Wildman–Crippen LogP) is 3.08. The lowest BCUT2D eigenvalue weighted by Crippen LogP contribution is -2.45. The maximum absolute atomic E-state index is 5.02. The third kappa shape index (κ3) is 3.65. The second-order valence-corrected chi connectivity index (χ2v) is 7.24. The zero-order chi connectivity index (χ0) is 17.1. The number of benzene rings is 2. The minimum Gasteiger partial charge on any atom is -0.323 e. The molecule has 0 radical (unpaired) electrons. The van der Waals surface area contributed by atoms with Crippen LogP contribution in [0.15, 0.2) is 77.1 Å². The Hall–Kier alpha value is -2.43. The number of para-hydroxylation sites is 1. The van der Waals surface area contributed by atoms with Crippen LogP contribution in [-0.2, 0) is 6.54 Å². The average molecular weight is 347 g/mol. The maximum Gasteiger partial charge on any atom is 0.139 e. The van der Waals surface area contributed by atoms with E-state index in [0.29, 0.717) is 0 Å². The van der Waals surface area contributed by atoms with Gasteiger partial charge in [-0.1, -0.05) is 48.5 Å². The second-order valence-electron chi connectivity index (χ2n) is 6.35. The molecule has 1 aliphatic rings. The first kappa shape index (κ1) is 16.1. The van der Waals surface area contributed by atoms with Crippen LogP contribution in [0.25, 0.3) is 6.20 Å². The van der Waals surface area contributed by atoms with Crippen LogP contribution in [0.5, 0.6) is 0 Å². The SMILES string of the molecule is CN(Cc1ccccc1)CC1N=c2sccc2=CN1c1ccccc1. The van der Waals surface area contributed by atoms with Crippen molar-refractivity contribution in [3.63, 3.8) is 0 Å². The van der Waals surface area contributed by atoms with Gasteiger partial charge in [0, 0.05) is 30.2 Å². The Morgan fingerprint density at radius 1 is 1.00 bits per heavy atom. The van der Waals surface area contributed by atoms with E-state index < -0.39 is 0 Å². The molecule has 3 aromatic rings. The van der Waals surface area contributed by atoms with Gasteiger partial charge in [-0.2, -0.15) is 0 Å². The number of likely N-dealkylation sites (N-methyl/N-ethyl adjacent to an activating group) is 1. The molecule has 1 atom stereocenters. The van der Waals surface area contributed by atoms with E-state index in [1.807, 2.05) is 0 Å². The zero-order valence-corrected chi connectivity index (χ0v) is 15.1. The Morgan fingerprint density at radius 2 is 1.72 bits per heavy atom. The summed E-state index contributed by atoms with van der Waals surface area (Å²) >= 11 is 1.71. The molecule has 1 aromatic heterocycles. The Bertz CT molecular complexity index is 934. The molecule has 2 aromatic carbocycles. The molecule has 2 heterocycles. The highest BCUT2D eigenvalue weighted by Crippen LogP contribution is 2.20. The van der Waals surface area contributed by atoms with E-state index >= 15 is 0 Å². The Kier molecular flexibility index (Phi) is 4.63. The van der Waals surface area contributed by atoms with E-state index in [4.69, 9.17) is 4.99 Å². The summed E-state index contributed by atoms with van der Waals surface area (Å²) in [5.74, 6) is 0. The van der Waals surface area contributed by atoms with E-state index in [9.17, 15) is 0 Å². The van der Waals surface area contributed by atoms with Crippen molar-refractivity contribution in [2.24, 2.45) is 4.99 Å². The molecule has 0 aliphatic carbocycles. The molecule has 0 amide bonds. The molecular weight excluding hydrogens is 326 g/mol. The molecule has 3 nitrogen and oxygen atoms in total. The van der Waals surface area contributed by atoms with Crippen LogP contribution in [-0.4, -0.2) is 24.7 Å². The molecule has 0 fully saturated rings. The average Bonchev–Trinajstić information content (AvgIpc) is 3.10. The quantitative estimate of drug-likeness (QED) is 0.706. The van der Waals surface area contributed by atoms with Gasteiger partial charge in [-0.25, -0.2) is 4.99 Å². The first-order chi connectivity index (χ1) is 12.3. The fraction of sp³-hybridized carbons (Fsp3) is 0.190. The summed E-state index contributed by atoms with van der Waals surface area (Å²) in [6.07, 6.45) is 2.32. The van der Waals surface area contributed by atoms with Crippen LogP contribution in [0.1, 0.15) is 5.56 Å². The van der Waals surface area contributed by atoms with E-state index in [0.717, 1.165) is 17.8 Å². The van der Waals surface area contributed by atoms with Crippen molar-refractivity contribution in [2.75, 3.05) is 18.5 Å². The summed E-state index contributed by atoms with van der Waals surface area (Å²) < 4.78 is 1.13. The van der Waals surface area contributed by atoms with Gasteiger partial charge >= 0.3 is 0 Å². The normalized spacial score (nSPS) is 16.2. The minimum atomic E-state index is 0.0854. The molecule has 4 rings (SSSR count). The summed E-state index contributed by atoms with van der Waals surface area (Å²) in [5, 5.41) is 3.32. The number of fused-ring (bicyclic) bond motifs is 1. The summed E-state index contributed by atoms with van der Waals surface area (Å²) in [6, 6.07) is 23.2. The summed E-state index contributed by atoms with van der Waals surface area (Å²) in [7, 11) is 2.16. The monoisotopic (exact) mass is 347 g/mol. The second kappa shape index (κ2) is 7.21. The van der Waals surface area contributed by atoms with Crippen molar-refractivity contribution in [1.29, 1.82) is 0 Å². The molecule has 1 aliphatic heterocycles. The highest BCUT2D eigenvalue weighted by Gasteiger charge is 2.21. The standard InChI is InChI=1S/C21H21N3S/c1-23(14-17-8-4-2-5-9-17)16-20-22-21-18(12-13-25-21)15-24(20)19-10-6-3-7-11-19/h2-13,15,20H,14,16H2,1H3. The zero-order valence-electron chi connectivity index (χ0n) is 14.2. The van der Waals surface area contributed by atoms with E-state index in [-0.39, 0.29) is 6.17 Å². The molecule has 126 valence electrons. The Labute approximate surface area is 152 Å². The van der Waals surface area contributed by atoms with E-state index in [2.05, 4.69) is 95.2 Å². The number of hydrogen-bond acceptors (Lipinski definition) is 4. The minimum absolute atomic E-state index is 0.0854. The van der Waals surface area contributed by atoms with Crippen LogP contribution in [0.4, 0.5) is 5.69 Å². The van der Waals surface area contributed by atoms with Crippen LogP contribution < -0.4 is 14.8 Å². The van der Waals surface area contributed by atoms with Gasteiger partial charge in [0.25, 0.3) is 0 Å². The lowest BCUT2D eigenvalue weighted by atomic mass is 10.2. The van der Waals surface area contributed by atoms with Crippen molar-refractivity contribution in [1.82, 2.24) is 4.90 Å². The topological polar surface area (TPSA) is 18.8 Å². The van der Waals surface area contributed by atoms with Gasteiger partial charge < -0.3 is 4.90 Å². The van der Waals surface area contributed by atoms with Gasteiger partial charge in [0.15, 0.2) is 0 Å². The van der Waals surface area contributed by atoms with Gasteiger partial charge in [-0.3, -0.25) is 4.90 Å². The number of nitrogens with zero attached hydrogens (tertiary/aromatic N) is 3. The van der Waals surface area contributed by atoms with E-state index in [1.165, 1.54) is 16.5 Å². The fourth-order valence-corrected chi connectivity index (χ4v) is 3.94. The molecule has 0 saturated carbocycles. The lowest BCUT2D eigenvalue weighted by Gasteiger charge is -2.32. The van der Waals surface area contributed by atoms with Crippen molar-refractivity contribution in [3.05, 3.63) is 87.6 Å². The first-order valence-electron chi connectivity index (χ1n) is 8.49. The summed E-state index contributed by atoms with van der Waals surface area (Å²) in [4.78, 5) is 9.64. The van der Waals surface area contributed by atoms with Crippen molar-refractivity contribution in [3.8, 4) is 0 Å². The van der Waals surface area contributed by atoms with Crippen molar-refractivity contribution in [2.45, 2.75) is 12.7 Å². The van der Waals surface area contributed by atoms with Crippen molar-refractivity contribution >= 4 is 23.2 Å². The molecule has 0 saturated heterocycles. The fourth-order valence-electron chi connectivity index (χ4n) is 3.16. The summed E-state index contributed by atoms with van der Waals surface area (Å²) in [5.41, 5.74) is 2.51. The molecule has 0 N–H and O–H groups in total. The molecule has 0 spiro atoms. The van der Waals surface area contributed by atoms with Crippen LogP contribution >= 0.6 is 11.3 Å². The van der Waals surface area contributed by atoms with Gasteiger partial charge in [0.2, 0.25) is 0 Å². The first-order valence-corrected chi connectivity index (χ1v) is 9.36. The number of anilines is 1. The highest BCUT2D eigenvalue weighted by molar-refractivity contribution is 7.07. The molecule has 25 heavy (non-hydrogen) atoms. The largest absolute Gasteiger partial charge is 0.323 e. The number of thiophene rings is 1. The molecule has 4 heteroatoms. The predicted molar refractivity (Wildman–Crippen MR) is 105 cm³/mol. The van der Waals surface area contributed by atoms with Crippen LogP contribution in [0.3, 0.4) is 0 Å². The van der Waals surface area contributed by atoms with Crippen LogP contribution in [0, 0.1) is 0 Å². The number of rotatable bonds is 5. The molecular formula is C21H21N3S. The van der Waals surface area contributed by atoms with Gasteiger partial charge in [-0.15, -0.1) is 11.3 Å². The number of hydrogen-bond donors (Lipinski definition) is 0. The summed E-state index contributed by atoms with van der Waals surface area (Å²) in [6.45, 7) is 1.80. The lowest BCUT2D eigenvalue weighted by molar-refractivity contribution is 0.304. The van der Waals surface area contributed by atoms with Gasteiger partial charge in [-0.05, 0) is 36.2 Å². The van der Waals surface area contributed by atoms with Gasteiger partial charge in [0.05, 0.1) is 0 Å². The third-order valence-electron chi connectivity index (χ3n) is 4.36. The maximum atomic E-state index is 5.02. The Balaban J connectivity index is 1.59.